The molecule has 1 aromatic heterocycles. The van der Waals surface area contributed by atoms with Crippen LogP contribution in [0, 0.1) is 0 Å². The molecule has 0 aliphatic heterocycles. The van der Waals surface area contributed by atoms with Crippen molar-refractivity contribution in [3.05, 3.63) is 24.0 Å². The lowest BCUT2D eigenvalue weighted by atomic mass is 10.2. The SMILES string of the molecule is COc1ccc(-c2nc(C(C)OC)no2)cc1N. The fourth-order valence-electron chi connectivity index (χ4n) is 1.49. The second-order valence-electron chi connectivity index (χ2n) is 3.79. The van der Waals surface area contributed by atoms with Gasteiger partial charge in [0.25, 0.3) is 5.89 Å². The summed E-state index contributed by atoms with van der Waals surface area (Å²) in [5, 5.41) is 3.85. The molecular weight excluding hydrogens is 234 g/mol. The number of nitrogens with two attached hydrogens (primary N) is 1. The summed E-state index contributed by atoms with van der Waals surface area (Å²) in [5.41, 5.74) is 7.09. The summed E-state index contributed by atoms with van der Waals surface area (Å²) in [5.74, 6) is 1.52. The molecule has 0 radical (unpaired) electrons. The van der Waals surface area contributed by atoms with Crippen LogP contribution in [0.5, 0.6) is 5.75 Å². The fourth-order valence-corrected chi connectivity index (χ4v) is 1.49. The van der Waals surface area contributed by atoms with Crippen molar-refractivity contribution >= 4 is 5.69 Å². The number of aromatic nitrogens is 2. The van der Waals surface area contributed by atoms with Crippen molar-refractivity contribution in [2.24, 2.45) is 0 Å². The Balaban J connectivity index is 2.31. The van der Waals surface area contributed by atoms with Gasteiger partial charge >= 0.3 is 0 Å². The van der Waals surface area contributed by atoms with E-state index in [-0.39, 0.29) is 6.10 Å². The molecule has 0 fully saturated rings. The third-order valence-electron chi connectivity index (χ3n) is 2.64. The van der Waals surface area contributed by atoms with Gasteiger partial charge in [-0.05, 0) is 25.1 Å². The van der Waals surface area contributed by atoms with Crippen LogP contribution in [0.15, 0.2) is 22.7 Å². The lowest BCUT2D eigenvalue weighted by Crippen LogP contribution is -1.97. The average molecular weight is 249 g/mol. The Hall–Kier alpha value is -2.08. The Morgan fingerprint density at radius 3 is 2.72 bits per heavy atom. The van der Waals surface area contributed by atoms with Crippen molar-refractivity contribution in [1.82, 2.24) is 10.1 Å². The zero-order chi connectivity index (χ0) is 13.1. The van der Waals surface area contributed by atoms with E-state index in [1.165, 1.54) is 0 Å². The standard InChI is InChI=1S/C12H15N3O3/c1-7(16-2)11-14-12(18-15-11)8-4-5-10(17-3)9(13)6-8/h4-7H,13H2,1-3H3. The maximum absolute atomic E-state index is 5.82. The molecule has 6 heteroatoms. The molecule has 1 heterocycles. The van der Waals surface area contributed by atoms with Crippen molar-refractivity contribution in [2.45, 2.75) is 13.0 Å². The quantitative estimate of drug-likeness (QED) is 0.835. The van der Waals surface area contributed by atoms with Gasteiger partial charge in [0.05, 0.1) is 12.8 Å². The summed E-state index contributed by atoms with van der Waals surface area (Å²) in [6.07, 6.45) is -0.210. The van der Waals surface area contributed by atoms with Crippen LogP contribution in [0.2, 0.25) is 0 Å². The van der Waals surface area contributed by atoms with Crippen molar-refractivity contribution in [1.29, 1.82) is 0 Å². The summed E-state index contributed by atoms with van der Waals surface area (Å²) in [4.78, 5) is 4.25. The lowest BCUT2D eigenvalue weighted by Gasteiger charge is -2.04. The van der Waals surface area contributed by atoms with Crippen LogP contribution in [-0.4, -0.2) is 24.4 Å². The first kappa shape index (κ1) is 12.4. The number of benzene rings is 1. The molecule has 0 aliphatic carbocycles. The Labute approximate surface area is 105 Å². The minimum absolute atomic E-state index is 0.210. The zero-order valence-electron chi connectivity index (χ0n) is 10.5. The second-order valence-corrected chi connectivity index (χ2v) is 3.79. The van der Waals surface area contributed by atoms with E-state index in [0.29, 0.717) is 23.2 Å². The summed E-state index contributed by atoms with van der Waals surface area (Å²) in [6, 6.07) is 5.30. The van der Waals surface area contributed by atoms with Gasteiger partial charge in [-0.1, -0.05) is 5.16 Å². The lowest BCUT2D eigenvalue weighted by molar-refractivity contribution is 0.109. The van der Waals surface area contributed by atoms with Gasteiger partial charge in [0.1, 0.15) is 11.9 Å². The number of nitrogen functional groups attached to an aromatic ring is 1. The Morgan fingerprint density at radius 2 is 2.11 bits per heavy atom. The zero-order valence-corrected chi connectivity index (χ0v) is 10.5. The van der Waals surface area contributed by atoms with Gasteiger partial charge in [0, 0.05) is 12.7 Å². The molecule has 0 bridgehead atoms. The van der Waals surface area contributed by atoms with Crippen LogP contribution in [0.4, 0.5) is 5.69 Å². The molecular formula is C12H15N3O3. The Morgan fingerprint density at radius 1 is 1.33 bits per heavy atom. The molecule has 0 saturated carbocycles. The van der Waals surface area contributed by atoms with Crippen molar-refractivity contribution < 1.29 is 14.0 Å². The summed E-state index contributed by atoms with van der Waals surface area (Å²) in [6.45, 7) is 1.84. The van der Waals surface area contributed by atoms with Crippen LogP contribution in [0.25, 0.3) is 11.5 Å². The van der Waals surface area contributed by atoms with Gasteiger partial charge in [-0.3, -0.25) is 0 Å². The van der Waals surface area contributed by atoms with E-state index in [0.717, 1.165) is 5.56 Å². The van der Waals surface area contributed by atoms with E-state index in [1.807, 2.05) is 13.0 Å². The van der Waals surface area contributed by atoms with Crippen LogP contribution in [-0.2, 0) is 4.74 Å². The molecule has 2 aromatic rings. The topological polar surface area (TPSA) is 83.4 Å². The Bertz CT molecular complexity index is 539. The van der Waals surface area contributed by atoms with Crippen molar-refractivity contribution in [3.8, 4) is 17.2 Å². The number of ether oxygens (including phenoxy) is 2. The largest absolute Gasteiger partial charge is 0.495 e. The van der Waals surface area contributed by atoms with Crippen molar-refractivity contribution in [2.75, 3.05) is 20.0 Å². The predicted octanol–water partition coefficient (Wildman–Crippen LogP) is 2.03. The molecule has 2 N–H and O–H groups in total. The molecule has 1 atom stereocenters. The first-order valence-electron chi connectivity index (χ1n) is 5.46. The number of hydrogen-bond donors (Lipinski definition) is 1. The predicted molar refractivity (Wildman–Crippen MR) is 66.1 cm³/mol. The molecule has 18 heavy (non-hydrogen) atoms. The molecule has 0 saturated heterocycles. The van der Waals surface area contributed by atoms with Crippen molar-refractivity contribution in [3.63, 3.8) is 0 Å². The van der Waals surface area contributed by atoms with E-state index in [2.05, 4.69) is 10.1 Å². The highest BCUT2D eigenvalue weighted by atomic mass is 16.5. The maximum Gasteiger partial charge on any atom is 0.258 e. The molecule has 96 valence electrons. The molecule has 0 aliphatic rings. The van der Waals surface area contributed by atoms with Gasteiger partial charge in [0.15, 0.2) is 0 Å². The summed E-state index contributed by atoms with van der Waals surface area (Å²) in [7, 11) is 3.16. The monoisotopic (exact) mass is 249 g/mol. The minimum atomic E-state index is -0.210. The van der Waals surface area contributed by atoms with E-state index in [4.69, 9.17) is 19.7 Å². The van der Waals surface area contributed by atoms with Crippen LogP contribution in [0.3, 0.4) is 0 Å². The average Bonchev–Trinajstić information content (AvgIpc) is 2.87. The maximum atomic E-state index is 5.82. The summed E-state index contributed by atoms with van der Waals surface area (Å²) >= 11 is 0. The first-order chi connectivity index (χ1) is 8.65. The number of nitrogens with zero attached hydrogens (tertiary/aromatic N) is 2. The number of methoxy groups -OCH3 is 2. The minimum Gasteiger partial charge on any atom is -0.495 e. The highest BCUT2D eigenvalue weighted by Gasteiger charge is 2.14. The molecule has 0 spiro atoms. The van der Waals surface area contributed by atoms with Gasteiger partial charge in [0.2, 0.25) is 5.82 Å². The van der Waals surface area contributed by atoms with Gasteiger partial charge < -0.3 is 19.7 Å². The van der Waals surface area contributed by atoms with E-state index < -0.39 is 0 Å². The van der Waals surface area contributed by atoms with Crippen LogP contribution < -0.4 is 10.5 Å². The fraction of sp³-hybridized carbons (Fsp3) is 0.333. The van der Waals surface area contributed by atoms with Gasteiger partial charge in [-0.2, -0.15) is 4.98 Å². The summed E-state index contributed by atoms with van der Waals surface area (Å²) < 4.78 is 15.4. The third-order valence-corrected chi connectivity index (χ3v) is 2.64. The normalized spacial score (nSPS) is 12.4. The number of anilines is 1. The van der Waals surface area contributed by atoms with Crippen LogP contribution in [0.1, 0.15) is 18.9 Å². The first-order valence-corrected chi connectivity index (χ1v) is 5.46. The smallest absolute Gasteiger partial charge is 0.258 e. The molecule has 6 nitrogen and oxygen atoms in total. The molecule has 1 aromatic carbocycles. The highest BCUT2D eigenvalue weighted by molar-refractivity contribution is 5.65. The Kier molecular flexibility index (Phi) is 3.47. The number of rotatable bonds is 4. The molecule has 0 amide bonds. The van der Waals surface area contributed by atoms with E-state index in [1.54, 1.807) is 26.4 Å². The second kappa shape index (κ2) is 5.05. The van der Waals surface area contributed by atoms with Gasteiger partial charge in [-0.25, -0.2) is 0 Å². The highest BCUT2D eigenvalue weighted by Crippen LogP contribution is 2.28. The molecule has 2 rings (SSSR count). The van der Waals surface area contributed by atoms with Gasteiger partial charge in [-0.15, -0.1) is 0 Å². The molecule has 1 unspecified atom stereocenters. The van der Waals surface area contributed by atoms with E-state index in [9.17, 15) is 0 Å². The third kappa shape index (κ3) is 2.28. The van der Waals surface area contributed by atoms with E-state index >= 15 is 0 Å². The van der Waals surface area contributed by atoms with Crippen LogP contribution >= 0.6 is 0 Å². The number of hydrogen-bond acceptors (Lipinski definition) is 6.